The van der Waals surface area contributed by atoms with E-state index >= 15 is 0 Å². The molecule has 0 bridgehead atoms. The van der Waals surface area contributed by atoms with Gasteiger partial charge in [0.15, 0.2) is 33.5 Å². The van der Waals surface area contributed by atoms with Crippen LogP contribution in [0.4, 0.5) is 5.13 Å². The number of pyridine rings is 1. The number of nitrogens with one attached hydrogen (secondary N) is 1. The first-order chi connectivity index (χ1) is 18.7. The van der Waals surface area contributed by atoms with E-state index in [2.05, 4.69) is 25.8 Å². The van der Waals surface area contributed by atoms with Gasteiger partial charge in [0.05, 0.1) is 18.8 Å². The average Bonchev–Trinajstić information content (AvgIpc) is 3.51. The summed E-state index contributed by atoms with van der Waals surface area (Å²) >= 11 is 0.955. The van der Waals surface area contributed by atoms with Gasteiger partial charge in [0.25, 0.3) is 11.8 Å². The number of hydrogen-bond acceptors (Lipinski definition) is 13. The molecule has 0 saturated carbocycles. The number of carboxylic acid groups (broad SMARTS) is 1. The average molecular weight is 594 g/mol. The summed E-state index contributed by atoms with van der Waals surface area (Å²) in [7, 11) is -3.41. The fourth-order valence-corrected chi connectivity index (χ4v) is 4.93. The van der Waals surface area contributed by atoms with Crippen molar-refractivity contribution in [2.24, 2.45) is 12.2 Å². The number of hydrogen-bond donors (Lipinski definition) is 3. The monoisotopic (exact) mass is 593 g/mol. The largest absolute Gasteiger partial charge is 0.731 e. The number of nitrogen functional groups attached to an aromatic ring is 1. The Hall–Kier alpha value is -4.49. The van der Waals surface area contributed by atoms with Crippen molar-refractivity contribution in [3.63, 3.8) is 0 Å². The molecule has 1 aliphatic heterocycles. The van der Waals surface area contributed by atoms with Gasteiger partial charge in [-0.2, -0.15) is 0 Å². The minimum Gasteiger partial charge on any atom is -0.731 e. The molecule has 212 valence electrons. The van der Waals surface area contributed by atoms with Crippen LogP contribution in [0.3, 0.4) is 0 Å². The van der Waals surface area contributed by atoms with E-state index < -0.39 is 51.5 Å². The topological polar surface area (TPSA) is 239 Å². The van der Waals surface area contributed by atoms with E-state index in [0.29, 0.717) is 11.3 Å². The first-order valence-corrected chi connectivity index (χ1v) is 13.6. The molecule has 0 aromatic carbocycles. The van der Waals surface area contributed by atoms with Crippen molar-refractivity contribution in [3.05, 3.63) is 41.8 Å². The van der Waals surface area contributed by atoms with Gasteiger partial charge < -0.3 is 25.5 Å². The molecule has 1 aliphatic rings. The molecular weight excluding hydrogens is 570 g/mol. The lowest BCUT2D eigenvalue weighted by Gasteiger charge is -2.47. The second kappa shape index (κ2) is 10.6. The number of amides is 2. The molecule has 0 radical (unpaired) electrons. The highest BCUT2D eigenvalue weighted by Crippen LogP contribution is 2.26. The number of thiazole rings is 1. The minimum absolute atomic E-state index is 0.0587. The maximum atomic E-state index is 13.2. The fraction of sp³-hybridized carbons (Fsp3) is 0.333. The molecule has 40 heavy (non-hydrogen) atoms. The summed E-state index contributed by atoms with van der Waals surface area (Å²) in [6.45, 7) is 2.06. The predicted molar refractivity (Wildman–Crippen MR) is 135 cm³/mol. The fourth-order valence-electron chi connectivity index (χ4n) is 3.52. The molecule has 3 aromatic heterocycles. The molecule has 2 atom stereocenters. The summed E-state index contributed by atoms with van der Waals surface area (Å²) in [5.41, 5.74) is 4.33. The van der Waals surface area contributed by atoms with Gasteiger partial charge in [-0.25, -0.2) is 31.8 Å². The van der Waals surface area contributed by atoms with E-state index in [4.69, 9.17) is 10.6 Å². The van der Waals surface area contributed by atoms with Crippen LogP contribution < -0.4 is 15.6 Å². The van der Waals surface area contributed by atoms with Crippen molar-refractivity contribution in [3.8, 4) is 11.3 Å². The number of anilines is 1. The number of β-lactam (4-membered cyclic amide) rings is 1. The molecular formula is C21H23N9O8S2. The highest BCUT2D eigenvalue weighted by Gasteiger charge is 2.52. The van der Waals surface area contributed by atoms with E-state index in [1.54, 1.807) is 24.5 Å². The molecule has 4 heterocycles. The van der Waals surface area contributed by atoms with Crippen molar-refractivity contribution in [1.82, 2.24) is 29.6 Å². The number of aryl methyl sites for hydroxylation is 1. The maximum absolute atomic E-state index is 13.2. The van der Waals surface area contributed by atoms with E-state index in [9.17, 15) is 32.5 Å². The van der Waals surface area contributed by atoms with Gasteiger partial charge in [0.1, 0.15) is 24.5 Å². The number of carbonyl (C=O) groups excluding carboxylic acids is 2. The van der Waals surface area contributed by atoms with E-state index in [1.807, 2.05) is 11.6 Å². The van der Waals surface area contributed by atoms with Crippen LogP contribution in [0.1, 0.15) is 19.5 Å². The number of oxime groups is 1. The zero-order chi connectivity index (χ0) is 29.4. The third-order valence-electron chi connectivity index (χ3n) is 5.74. The Kier molecular flexibility index (Phi) is 7.55. The van der Waals surface area contributed by atoms with Crippen molar-refractivity contribution >= 4 is 50.3 Å². The third kappa shape index (κ3) is 5.90. The molecule has 4 rings (SSSR count). The normalized spacial score (nSPS) is 17.9. The molecule has 1 fully saturated rings. The van der Waals surface area contributed by atoms with Crippen LogP contribution >= 0.6 is 11.3 Å². The molecule has 17 nitrogen and oxygen atoms in total. The Balaban J connectivity index is 1.59. The van der Waals surface area contributed by atoms with E-state index in [1.165, 1.54) is 30.1 Å². The van der Waals surface area contributed by atoms with Gasteiger partial charge >= 0.3 is 5.97 Å². The Morgan fingerprint density at radius 1 is 1.35 bits per heavy atom. The number of nitrogens with zero attached hydrogens (tertiary/aromatic N) is 7. The highest BCUT2D eigenvalue weighted by atomic mass is 32.2. The van der Waals surface area contributed by atoms with Crippen LogP contribution in [0.15, 0.2) is 41.3 Å². The lowest BCUT2D eigenvalue weighted by molar-refractivity contribution is -0.671. The summed E-state index contributed by atoms with van der Waals surface area (Å²) in [4.78, 5) is 46.2. The first-order valence-electron chi connectivity index (χ1n) is 11.3. The molecule has 0 spiro atoms. The summed E-state index contributed by atoms with van der Waals surface area (Å²) in [6.07, 6.45) is 5.05. The van der Waals surface area contributed by atoms with Crippen LogP contribution in [0, 0.1) is 0 Å². The minimum atomic E-state index is -5.24. The summed E-state index contributed by atoms with van der Waals surface area (Å²) < 4.78 is 38.6. The van der Waals surface area contributed by atoms with Crippen LogP contribution in [0.2, 0.25) is 0 Å². The van der Waals surface area contributed by atoms with Crippen molar-refractivity contribution in [2.45, 2.75) is 38.1 Å². The van der Waals surface area contributed by atoms with Crippen LogP contribution in [0.25, 0.3) is 11.3 Å². The molecule has 1 unspecified atom stereocenters. The summed E-state index contributed by atoms with van der Waals surface area (Å²) in [5, 5.41) is 24.6. The second-order valence-corrected chi connectivity index (χ2v) is 11.2. The number of carboxylic acids is 1. The van der Waals surface area contributed by atoms with Crippen molar-refractivity contribution in [2.75, 3.05) is 5.73 Å². The molecule has 1 saturated heterocycles. The number of aliphatic carboxylic acids is 1. The van der Waals surface area contributed by atoms with E-state index in [-0.39, 0.29) is 21.7 Å². The summed E-state index contributed by atoms with van der Waals surface area (Å²) in [5.74, 6) is -3.63. The zero-order valence-electron chi connectivity index (χ0n) is 21.2. The Bertz CT molecular complexity index is 1600. The SMILES string of the molecule is C[n+]1ccc(-c2cn(CC3[C@H](NC(=O)/C(=N\OC(C)(C)C(=O)O)c4csc(N)n4)C(=O)N3S(=O)(=O)[O-])nn2)cc1. The predicted octanol–water partition coefficient (Wildman–Crippen LogP) is -1.75. The quantitative estimate of drug-likeness (QED) is 0.0779. The molecule has 3 aromatic rings. The Labute approximate surface area is 230 Å². The van der Waals surface area contributed by atoms with Crippen LogP contribution in [-0.2, 0) is 43.1 Å². The lowest BCUT2D eigenvalue weighted by Crippen LogP contribution is -2.73. The second-order valence-electron chi connectivity index (χ2n) is 9.11. The van der Waals surface area contributed by atoms with Crippen molar-refractivity contribution < 1.29 is 41.9 Å². The zero-order valence-corrected chi connectivity index (χ0v) is 22.8. The number of rotatable bonds is 10. The smallest absolute Gasteiger partial charge is 0.350 e. The first kappa shape index (κ1) is 28.5. The number of nitrogens with two attached hydrogens (primary N) is 1. The van der Waals surface area contributed by atoms with Crippen molar-refractivity contribution in [1.29, 1.82) is 0 Å². The lowest BCUT2D eigenvalue weighted by atomic mass is 9.98. The molecule has 4 N–H and O–H groups in total. The summed E-state index contributed by atoms with van der Waals surface area (Å²) in [6, 6.07) is 0.699. The Morgan fingerprint density at radius 2 is 2.02 bits per heavy atom. The van der Waals surface area contributed by atoms with Gasteiger partial charge in [-0.1, -0.05) is 10.4 Å². The van der Waals surface area contributed by atoms with Gasteiger partial charge in [0, 0.05) is 23.1 Å². The van der Waals surface area contributed by atoms with Gasteiger partial charge in [-0.05, 0) is 13.8 Å². The van der Waals surface area contributed by atoms with Gasteiger partial charge in [-0.3, -0.25) is 9.59 Å². The highest BCUT2D eigenvalue weighted by molar-refractivity contribution is 7.84. The third-order valence-corrected chi connectivity index (χ3v) is 7.35. The number of aromatic nitrogens is 5. The molecule has 0 aliphatic carbocycles. The maximum Gasteiger partial charge on any atom is 0.350 e. The van der Waals surface area contributed by atoms with Crippen LogP contribution in [-0.4, -0.2) is 83.5 Å². The van der Waals surface area contributed by atoms with Gasteiger partial charge in [0.2, 0.25) is 5.60 Å². The van der Waals surface area contributed by atoms with Crippen LogP contribution in [0.5, 0.6) is 0 Å². The van der Waals surface area contributed by atoms with Gasteiger partial charge in [-0.15, -0.1) is 16.4 Å². The standard InChI is InChI=1S/C21H23N9O8S2/c1-21(2,19(33)34)38-26-15(13-10-39-20(22)23-13)17(31)24-16-14(30(18(16)32)40(35,36)37)9-29-8-12(25-27-29)11-4-6-28(3)7-5-11/h4-8,10,14,16H,9H2,1-3H3,(H4-,22,23,24,31,33,34,35,36,37)/b26-15-/t14?,16-/m0/s1. The Morgan fingerprint density at radius 3 is 2.60 bits per heavy atom. The van der Waals surface area contributed by atoms with E-state index in [0.717, 1.165) is 11.3 Å². The molecule has 19 heteroatoms. The molecule has 2 amide bonds. The number of carbonyl (C=O) groups is 3.